The Hall–Kier alpha value is -2.29. The molecule has 3 nitrogen and oxygen atoms in total. The van der Waals surface area contributed by atoms with E-state index < -0.39 is 0 Å². The molecule has 1 aliphatic rings. The molecule has 1 aliphatic heterocycles. The molecule has 0 aliphatic carbocycles. The van der Waals surface area contributed by atoms with E-state index in [9.17, 15) is 5.11 Å². The summed E-state index contributed by atoms with van der Waals surface area (Å²) in [5.74, 6) is 0.804. The van der Waals surface area contributed by atoms with Crippen molar-refractivity contribution in [2.45, 2.75) is 45.6 Å². The molecule has 0 saturated carbocycles. The zero-order chi connectivity index (χ0) is 17.3. The molecule has 0 radical (unpaired) electrons. The van der Waals surface area contributed by atoms with Crippen molar-refractivity contribution >= 4 is 17.6 Å². The number of nitrogens with zero attached hydrogens (tertiary/aromatic N) is 2. The van der Waals surface area contributed by atoms with Gasteiger partial charge < -0.3 is 10.0 Å². The largest absolute Gasteiger partial charge is 0.508 e. The standard InChI is InChI=1S/C21H26N2O/c1-5-23-20-11-6-16(12-19(20)15(2)13-21(23,3)4)14-22-17-7-9-18(24)10-8-17/h6-12,14-15,24H,5,13H2,1-4H3/t15-/m0/s1. The number of anilines is 1. The number of aliphatic imine (C=N–C) groups is 1. The second-order valence-electron chi connectivity index (χ2n) is 7.25. The van der Waals surface area contributed by atoms with Crippen LogP contribution in [0.25, 0.3) is 0 Å². The minimum Gasteiger partial charge on any atom is -0.508 e. The van der Waals surface area contributed by atoms with Gasteiger partial charge >= 0.3 is 0 Å². The lowest BCUT2D eigenvalue weighted by Gasteiger charge is -2.47. The van der Waals surface area contributed by atoms with Crippen LogP contribution in [0.3, 0.4) is 0 Å². The van der Waals surface area contributed by atoms with Crippen molar-refractivity contribution < 1.29 is 5.11 Å². The molecule has 3 heteroatoms. The average molecular weight is 322 g/mol. The lowest BCUT2D eigenvalue weighted by Crippen LogP contribution is -2.48. The molecule has 1 atom stereocenters. The van der Waals surface area contributed by atoms with Gasteiger partial charge in [-0.3, -0.25) is 4.99 Å². The Morgan fingerprint density at radius 3 is 2.58 bits per heavy atom. The fourth-order valence-corrected chi connectivity index (χ4v) is 3.88. The van der Waals surface area contributed by atoms with Crippen LogP contribution in [0.5, 0.6) is 5.75 Å². The third-order valence-corrected chi connectivity index (χ3v) is 4.94. The van der Waals surface area contributed by atoms with Crippen molar-refractivity contribution in [3.05, 3.63) is 53.6 Å². The van der Waals surface area contributed by atoms with Gasteiger partial charge in [0.1, 0.15) is 5.75 Å². The second kappa shape index (κ2) is 6.31. The van der Waals surface area contributed by atoms with Crippen molar-refractivity contribution in [3.63, 3.8) is 0 Å². The zero-order valence-electron chi connectivity index (χ0n) is 15.0. The van der Waals surface area contributed by atoms with Crippen molar-refractivity contribution in [1.29, 1.82) is 0 Å². The minimum absolute atomic E-state index is 0.197. The van der Waals surface area contributed by atoms with Gasteiger partial charge in [0.05, 0.1) is 5.69 Å². The van der Waals surface area contributed by atoms with E-state index in [0.717, 1.165) is 24.2 Å². The molecule has 0 bridgehead atoms. The maximum atomic E-state index is 9.34. The van der Waals surface area contributed by atoms with Gasteiger partial charge in [-0.15, -0.1) is 0 Å². The zero-order valence-corrected chi connectivity index (χ0v) is 15.0. The van der Waals surface area contributed by atoms with E-state index in [1.807, 2.05) is 18.3 Å². The van der Waals surface area contributed by atoms with E-state index in [0.29, 0.717) is 5.92 Å². The first-order valence-electron chi connectivity index (χ1n) is 8.65. The summed E-state index contributed by atoms with van der Waals surface area (Å²) in [5.41, 5.74) is 4.91. The predicted molar refractivity (Wildman–Crippen MR) is 102 cm³/mol. The van der Waals surface area contributed by atoms with E-state index in [2.05, 4.69) is 55.8 Å². The molecule has 3 rings (SSSR count). The van der Waals surface area contributed by atoms with Gasteiger partial charge in [-0.2, -0.15) is 0 Å². The number of hydrogen-bond donors (Lipinski definition) is 1. The summed E-state index contributed by atoms with van der Waals surface area (Å²) >= 11 is 0. The number of phenolic OH excluding ortho intramolecular Hbond substituents is 1. The molecule has 1 heterocycles. The molecule has 126 valence electrons. The van der Waals surface area contributed by atoms with Crippen LogP contribution >= 0.6 is 0 Å². The number of phenols is 1. The molecule has 0 unspecified atom stereocenters. The molecule has 0 saturated heterocycles. The summed E-state index contributed by atoms with van der Waals surface area (Å²) in [6, 6.07) is 13.6. The fourth-order valence-electron chi connectivity index (χ4n) is 3.88. The summed E-state index contributed by atoms with van der Waals surface area (Å²) in [6.45, 7) is 10.2. The number of fused-ring (bicyclic) bond motifs is 1. The summed E-state index contributed by atoms with van der Waals surface area (Å²) in [6.07, 6.45) is 3.06. The van der Waals surface area contributed by atoms with Gasteiger partial charge in [-0.25, -0.2) is 0 Å². The molecule has 2 aromatic rings. The van der Waals surface area contributed by atoms with Gasteiger partial charge in [-0.1, -0.05) is 13.0 Å². The van der Waals surface area contributed by atoms with E-state index in [1.54, 1.807) is 12.1 Å². The van der Waals surface area contributed by atoms with Gasteiger partial charge in [0.25, 0.3) is 0 Å². The van der Waals surface area contributed by atoms with Crippen LogP contribution in [0.4, 0.5) is 11.4 Å². The first-order chi connectivity index (χ1) is 11.4. The summed E-state index contributed by atoms with van der Waals surface area (Å²) < 4.78 is 0. The highest BCUT2D eigenvalue weighted by molar-refractivity contribution is 5.83. The molecular formula is C21H26N2O. The Morgan fingerprint density at radius 1 is 1.21 bits per heavy atom. The highest BCUT2D eigenvalue weighted by Gasteiger charge is 2.35. The predicted octanol–water partition coefficient (Wildman–Crippen LogP) is 5.25. The average Bonchev–Trinajstić information content (AvgIpc) is 2.54. The van der Waals surface area contributed by atoms with Crippen molar-refractivity contribution in [2.24, 2.45) is 4.99 Å². The van der Waals surface area contributed by atoms with Gasteiger partial charge in [0.15, 0.2) is 0 Å². The number of aromatic hydroxyl groups is 1. The Balaban J connectivity index is 1.91. The molecule has 0 fully saturated rings. The molecule has 1 N–H and O–H groups in total. The first kappa shape index (κ1) is 16.6. The van der Waals surface area contributed by atoms with Crippen LogP contribution in [-0.2, 0) is 0 Å². The first-order valence-corrected chi connectivity index (χ1v) is 8.65. The van der Waals surface area contributed by atoms with Crippen molar-refractivity contribution in [3.8, 4) is 5.75 Å². The Morgan fingerprint density at radius 2 is 1.92 bits per heavy atom. The number of benzene rings is 2. The summed E-state index contributed by atoms with van der Waals surface area (Å²) in [4.78, 5) is 7.01. The third kappa shape index (κ3) is 3.16. The van der Waals surface area contributed by atoms with Crippen LogP contribution in [0.15, 0.2) is 47.5 Å². The summed E-state index contributed by atoms with van der Waals surface area (Å²) in [5, 5.41) is 9.34. The quantitative estimate of drug-likeness (QED) is 0.783. The lowest BCUT2D eigenvalue weighted by molar-refractivity contribution is 0.381. The van der Waals surface area contributed by atoms with Crippen molar-refractivity contribution in [1.82, 2.24) is 0 Å². The Bertz CT molecular complexity index is 747. The van der Waals surface area contributed by atoms with Crippen LogP contribution in [0.2, 0.25) is 0 Å². The molecule has 2 aromatic carbocycles. The minimum atomic E-state index is 0.197. The Labute approximate surface area is 144 Å². The van der Waals surface area contributed by atoms with E-state index >= 15 is 0 Å². The van der Waals surface area contributed by atoms with E-state index in [4.69, 9.17) is 0 Å². The lowest BCUT2D eigenvalue weighted by atomic mass is 9.79. The molecule has 24 heavy (non-hydrogen) atoms. The van der Waals surface area contributed by atoms with Crippen molar-refractivity contribution in [2.75, 3.05) is 11.4 Å². The van der Waals surface area contributed by atoms with Crippen LogP contribution in [-0.4, -0.2) is 23.4 Å². The maximum absolute atomic E-state index is 9.34. The van der Waals surface area contributed by atoms with Gasteiger partial charge in [-0.05, 0) is 80.6 Å². The molecular weight excluding hydrogens is 296 g/mol. The van der Waals surface area contributed by atoms with E-state index in [1.165, 1.54) is 11.3 Å². The number of hydrogen-bond acceptors (Lipinski definition) is 3. The SMILES string of the molecule is CCN1c2ccc(C=Nc3ccc(O)cc3)cc2[C@@H](C)CC1(C)C. The molecule has 0 aromatic heterocycles. The maximum Gasteiger partial charge on any atom is 0.115 e. The van der Waals surface area contributed by atoms with E-state index in [-0.39, 0.29) is 11.3 Å². The highest BCUT2D eigenvalue weighted by atomic mass is 16.3. The van der Waals surface area contributed by atoms with Crippen LogP contribution < -0.4 is 4.90 Å². The second-order valence-corrected chi connectivity index (χ2v) is 7.25. The highest BCUT2D eigenvalue weighted by Crippen LogP contribution is 2.43. The topological polar surface area (TPSA) is 35.8 Å². The smallest absolute Gasteiger partial charge is 0.115 e. The van der Waals surface area contributed by atoms with Crippen LogP contribution in [0.1, 0.15) is 51.2 Å². The monoisotopic (exact) mass is 322 g/mol. The third-order valence-electron chi connectivity index (χ3n) is 4.94. The number of rotatable bonds is 3. The van der Waals surface area contributed by atoms with Gasteiger partial charge in [0, 0.05) is 24.0 Å². The Kier molecular flexibility index (Phi) is 4.35. The summed E-state index contributed by atoms with van der Waals surface area (Å²) in [7, 11) is 0. The van der Waals surface area contributed by atoms with Crippen LogP contribution in [0, 0.1) is 0 Å². The molecule has 0 amide bonds. The van der Waals surface area contributed by atoms with Gasteiger partial charge in [0.2, 0.25) is 0 Å². The normalized spacial score (nSPS) is 19.5. The molecule has 0 spiro atoms. The fraction of sp³-hybridized carbons (Fsp3) is 0.381.